The Kier molecular flexibility index (Phi) is 41.7. The van der Waals surface area contributed by atoms with E-state index < -0.39 is 21.1 Å². The molecule has 5 heteroatoms. The van der Waals surface area contributed by atoms with Crippen molar-refractivity contribution in [1.82, 2.24) is 0 Å². The van der Waals surface area contributed by atoms with Gasteiger partial charge in [0.05, 0.1) is 0 Å². The molecule has 278 valence electrons. The first-order valence-corrected chi connectivity index (χ1v) is 25.3. The first-order chi connectivity index (χ1) is 23.2. The molecule has 47 heavy (non-hydrogen) atoms. The number of carbonyl (C=O) groups excluding carboxylic acids is 2. The summed E-state index contributed by atoms with van der Waals surface area (Å²) in [7, 11) is 0. The van der Waals surface area contributed by atoms with Gasteiger partial charge in [-0.3, -0.25) is 0 Å². The standard InChI is InChI=1S/2C21H41O2.Sn/c2*1-3-5-6-7-8-9-10-11-12-13-14-15-16-17-18-19-20-23-21(22)4-2;/h2*2-20H2,1H3;. The summed E-state index contributed by atoms with van der Waals surface area (Å²) in [4.78, 5) is 24.0. The Morgan fingerprint density at radius 1 is 0.340 bits per heavy atom. The van der Waals surface area contributed by atoms with Gasteiger partial charge in [-0.15, -0.1) is 0 Å². The van der Waals surface area contributed by atoms with Crippen molar-refractivity contribution in [3.05, 3.63) is 0 Å². The zero-order valence-electron chi connectivity index (χ0n) is 32.0. The van der Waals surface area contributed by atoms with Crippen LogP contribution in [-0.4, -0.2) is 46.3 Å². The molecular formula is C42H82O4Sn. The fraction of sp³-hybridized carbons (Fsp3) is 0.952. The second-order valence-electron chi connectivity index (χ2n) is 14.3. The van der Waals surface area contributed by atoms with Crippen LogP contribution < -0.4 is 0 Å². The smallest absolute Gasteiger partial charge is 0.0654 e. The Balaban J connectivity index is 3.24. The Morgan fingerprint density at radius 3 is 0.787 bits per heavy atom. The Labute approximate surface area is 305 Å². The molecule has 0 spiro atoms. The number of unbranched alkanes of at least 4 members (excludes halogenated alkanes) is 30. The van der Waals surface area contributed by atoms with E-state index in [9.17, 15) is 9.59 Å². The molecule has 0 aliphatic carbocycles. The molecule has 4 nitrogen and oxygen atoms in total. The third kappa shape index (κ3) is 41.8. The van der Waals surface area contributed by atoms with E-state index in [1.54, 1.807) is 0 Å². The fourth-order valence-corrected chi connectivity index (χ4v) is 9.21. The van der Waals surface area contributed by atoms with Crippen molar-refractivity contribution < 1.29 is 19.1 Å². The molecule has 0 amide bonds. The van der Waals surface area contributed by atoms with Crippen molar-refractivity contribution in [2.24, 2.45) is 0 Å². The van der Waals surface area contributed by atoms with Crippen LogP contribution in [0, 0.1) is 0 Å². The maximum atomic E-state index is 12.0. The van der Waals surface area contributed by atoms with Crippen LogP contribution in [0.25, 0.3) is 0 Å². The summed E-state index contributed by atoms with van der Waals surface area (Å²) in [5.41, 5.74) is 0. The number of carbonyl (C=O) groups is 2. The predicted molar refractivity (Wildman–Crippen MR) is 206 cm³/mol. The van der Waals surface area contributed by atoms with Crippen molar-refractivity contribution >= 4 is 33.1 Å². The van der Waals surface area contributed by atoms with Gasteiger partial charge in [0, 0.05) is 0 Å². The molecule has 0 heterocycles. The second-order valence-corrected chi connectivity index (χ2v) is 18.6. The number of esters is 2. The van der Waals surface area contributed by atoms with Crippen molar-refractivity contribution in [3.63, 3.8) is 0 Å². The first-order valence-electron chi connectivity index (χ1n) is 21.2. The van der Waals surface area contributed by atoms with Gasteiger partial charge in [-0.05, 0) is 0 Å². The molecule has 0 N–H and O–H groups in total. The van der Waals surface area contributed by atoms with E-state index in [-0.39, 0.29) is 11.9 Å². The molecule has 2 radical (unpaired) electrons. The third-order valence-electron chi connectivity index (χ3n) is 9.53. The topological polar surface area (TPSA) is 52.6 Å². The SMILES string of the molecule is CCCCCCCCCCCCCCCCCCOC(=O)C[CH2][Sn][CH2]CC(=O)OCCCCCCCCCCCCCCCCCC. The number of hydrogen-bond donors (Lipinski definition) is 0. The maximum absolute atomic E-state index is 12.0. The number of rotatable bonds is 40. The van der Waals surface area contributed by atoms with E-state index in [1.165, 1.54) is 193 Å². The minimum absolute atomic E-state index is 0.0436. The summed E-state index contributed by atoms with van der Waals surface area (Å²) in [6, 6.07) is 0. The molecule has 0 unspecified atom stereocenters. The zero-order valence-corrected chi connectivity index (χ0v) is 34.9. The molecule has 0 aliphatic heterocycles. The average Bonchev–Trinajstić information content (AvgIpc) is 3.07. The van der Waals surface area contributed by atoms with Gasteiger partial charge in [-0.25, -0.2) is 0 Å². The van der Waals surface area contributed by atoms with Crippen molar-refractivity contribution in [2.75, 3.05) is 13.2 Å². The van der Waals surface area contributed by atoms with Gasteiger partial charge in [0.25, 0.3) is 0 Å². The van der Waals surface area contributed by atoms with Crippen LogP contribution in [0.15, 0.2) is 0 Å². The third-order valence-corrected chi connectivity index (χ3v) is 13.0. The van der Waals surface area contributed by atoms with E-state index >= 15 is 0 Å². The fourth-order valence-electron chi connectivity index (χ4n) is 6.32. The van der Waals surface area contributed by atoms with Crippen LogP contribution in [0.4, 0.5) is 0 Å². The van der Waals surface area contributed by atoms with Crippen LogP contribution in [-0.2, 0) is 19.1 Å². The van der Waals surface area contributed by atoms with Crippen LogP contribution in [0.5, 0.6) is 0 Å². The van der Waals surface area contributed by atoms with E-state index in [1.807, 2.05) is 0 Å². The second kappa shape index (κ2) is 41.9. The molecular weight excluding hydrogens is 687 g/mol. The normalized spacial score (nSPS) is 11.3. The average molecular weight is 770 g/mol. The van der Waals surface area contributed by atoms with Gasteiger partial charge < -0.3 is 0 Å². The molecule has 0 aromatic heterocycles. The molecule has 0 bridgehead atoms. The molecule has 0 atom stereocenters. The van der Waals surface area contributed by atoms with Gasteiger partial charge >= 0.3 is 177 Å². The molecule has 0 fully saturated rings. The van der Waals surface area contributed by atoms with Gasteiger partial charge in [-0.1, -0.05) is 129 Å². The molecule has 0 saturated heterocycles. The molecule has 0 rings (SSSR count). The first kappa shape index (κ1) is 46.7. The van der Waals surface area contributed by atoms with Crippen LogP contribution >= 0.6 is 0 Å². The summed E-state index contributed by atoms with van der Waals surface area (Å²) < 4.78 is 12.8. The van der Waals surface area contributed by atoms with Crippen molar-refractivity contribution in [1.29, 1.82) is 0 Å². The van der Waals surface area contributed by atoms with E-state index in [0.717, 1.165) is 21.7 Å². The quantitative estimate of drug-likeness (QED) is 0.0354. The van der Waals surface area contributed by atoms with Crippen LogP contribution in [0.2, 0.25) is 8.87 Å². The Morgan fingerprint density at radius 2 is 0.553 bits per heavy atom. The van der Waals surface area contributed by atoms with E-state index in [2.05, 4.69) is 13.8 Å². The van der Waals surface area contributed by atoms with Crippen LogP contribution in [0.3, 0.4) is 0 Å². The minimum Gasteiger partial charge on any atom is -0.0654 e. The number of hydrogen-bond acceptors (Lipinski definition) is 4. The minimum atomic E-state index is -0.676. The molecule has 0 aliphatic rings. The van der Waals surface area contributed by atoms with Crippen molar-refractivity contribution in [2.45, 2.75) is 241 Å². The van der Waals surface area contributed by atoms with E-state index in [4.69, 9.17) is 9.47 Å². The summed E-state index contributed by atoms with van der Waals surface area (Å²) in [5, 5.41) is 0. The monoisotopic (exact) mass is 771 g/mol. The van der Waals surface area contributed by atoms with E-state index in [0.29, 0.717) is 26.1 Å². The number of ether oxygens (including phenoxy) is 2. The summed E-state index contributed by atoms with van der Waals surface area (Å²) in [5.74, 6) is -0.0872. The van der Waals surface area contributed by atoms with Gasteiger partial charge in [-0.2, -0.15) is 0 Å². The molecule has 0 aromatic rings. The van der Waals surface area contributed by atoms with Gasteiger partial charge in [0.15, 0.2) is 0 Å². The molecule has 0 saturated carbocycles. The summed E-state index contributed by atoms with van der Waals surface area (Å²) in [6.07, 6.45) is 44.4. The molecule has 0 aromatic carbocycles. The van der Waals surface area contributed by atoms with Crippen molar-refractivity contribution in [3.8, 4) is 0 Å². The Hall–Kier alpha value is -0.261. The zero-order chi connectivity index (χ0) is 34.1. The predicted octanol–water partition coefficient (Wildman–Crippen LogP) is 13.9. The van der Waals surface area contributed by atoms with Gasteiger partial charge in [0.1, 0.15) is 0 Å². The Bertz CT molecular complexity index is 574. The van der Waals surface area contributed by atoms with Gasteiger partial charge in [0.2, 0.25) is 0 Å². The summed E-state index contributed by atoms with van der Waals surface area (Å²) in [6.45, 7) is 5.73. The summed E-state index contributed by atoms with van der Waals surface area (Å²) >= 11 is -0.676. The van der Waals surface area contributed by atoms with Crippen LogP contribution in [0.1, 0.15) is 232 Å².